The molecule has 5 nitrogen and oxygen atoms in total. The minimum absolute atomic E-state index is 0.129. The Kier molecular flexibility index (Phi) is 5.87. The summed E-state index contributed by atoms with van der Waals surface area (Å²) in [5.41, 5.74) is 0.564. The average Bonchev–Trinajstić information content (AvgIpc) is 2.37. The van der Waals surface area contributed by atoms with Crippen LogP contribution in [-0.2, 0) is 9.59 Å². The van der Waals surface area contributed by atoms with E-state index in [9.17, 15) is 9.59 Å². The number of hydrogen-bond acceptors (Lipinski definition) is 3. The van der Waals surface area contributed by atoms with Crippen molar-refractivity contribution in [1.82, 2.24) is 10.6 Å². The molecule has 0 saturated carbocycles. The molecule has 1 unspecified atom stereocenters. The van der Waals surface area contributed by atoms with E-state index >= 15 is 0 Å². The van der Waals surface area contributed by atoms with Gasteiger partial charge in [-0.1, -0.05) is 37.3 Å². The first-order chi connectivity index (χ1) is 8.65. The molecule has 1 amide bonds. The van der Waals surface area contributed by atoms with Gasteiger partial charge in [-0.2, -0.15) is 0 Å². The van der Waals surface area contributed by atoms with E-state index < -0.39 is 12.0 Å². The molecule has 0 saturated heterocycles. The van der Waals surface area contributed by atoms with Crippen LogP contribution in [0.15, 0.2) is 30.3 Å². The van der Waals surface area contributed by atoms with Crippen molar-refractivity contribution in [3.63, 3.8) is 0 Å². The van der Waals surface area contributed by atoms with Gasteiger partial charge in [-0.3, -0.25) is 4.79 Å². The van der Waals surface area contributed by atoms with Gasteiger partial charge in [0, 0.05) is 0 Å². The van der Waals surface area contributed by atoms with E-state index in [2.05, 4.69) is 10.6 Å². The Labute approximate surface area is 106 Å². The Bertz CT molecular complexity index is 392. The van der Waals surface area contributed by atoms with Crippen LogP contribution in [-0.4, -0.2) is 30.1 Å². The van der Waals surface area contributed by atoms with Crippen LogP contribution in [0.1, 0.15) is 24.9 Å². The number of rotatable bonds is 7. The zero-order valence-corrected chi connectivity index (χ0v) is 10.3. The molecule has 1 aromatic carbocycles. The van der Waals surface area contributed by atoms with Crippen LogP contribution in [0.25, 0.3) is 0 Å². The number of nitrogens with one attached hydrogen (secondary N) is 2. The fraction of sp³-hybridized carbons (Fsp3) is 0.385. The highest BCUT2D eigenvalue weighted by Crippen LogP contribution is 2.12. The summed E-state index contributed by atoms with van der Waals surface area (Å²) < 4.78 is 0. The molecular weight excluding hydrogens is 232 g/mol. The third-order valence-electron chi connectivity index (χ3n) is 2.40. The standard InChI is InChI=1S/C13H18N2O3/c1-2-8-14-9-11(16)15-12(13(17)18)10-6-4-3-5-7-10/h3-7,12,14H,2,8-9H2,1H3,(H,15,16)(H,17,18). The highest BCUT2D eigenvalue weighted by Gasteiger charge is 2.21. The van der Waals surface area contributed by atoms with E-state index in [-0.39, 0.29) is 12.5 Å². The highest BCUT2D eigenvalue weighted by molar-refractivity contribution is 5.85. The lowest BCUT2D eigenvalue weighted by Crippen LogP contribution is -2.39. The molecule has 0 bridgehead atoms. The molecule has 0 aliphatic heterocycles. The second-order valence-corrected chi connectivity index (χ2v) is 3.93. The topological polar surface area (TPSA) is 78.4 Å². The summed E-state index contributed by atoms with van der Waals surface area (Å²) in [5.74, 6) is -1.38. The minimum atomic E-state index is -1.06. The normalized spacial score (nSPS) is 11.8. The molecule has 98 valence electrons. The molecule has 18 heavy (non-hydrogen) atoms. The van der Waals surface area contributed by atoms with Crippen molar-refractivity contribution in [1.29, 1.82) is 0 Å². The Morgan fingerprint density at radius 3 is 2.50 bits per heavy atom. The van der Waals surface area contributed by atoms with Crippen molar-refractivity contribution in [2.75, 3.05) is 13.1 Å². The van der Waals surface area contributed by atoms with Crippen LogP contribution in [0.4, 0.5) is 0 Å². The predicted molar refractivity (Wildman–Crippen MR) is 68.1 cm³/mol. The number of carbonyl (C=O) groups is 2. The second-order valence-electron chi connectivity index (χ2n) is 3.93. The summed E-state index contributed by atoms with van der Waals surface area (Å²) in [6.45, 7) is 2.86. The fourth-order valence-electron chi connectivity index (χ4n) is 1.52. The molecule has 1 atom stereocenters. The van der Waals surface area contributed by atoms with E-state index in [4.69, 9.17) is 5.11 Å². The summed E-state index contributed by atoms with van der Waals surface area (Å²) in [6, 6.07) is 7.64. The van der Waals surface area contributed by atoms with Gasteiger partial charge in [0.05, 0.1) is 6.54 Å². The van der Waals surface area contributed by atoms with Crippen molar-refractivity contribution < 1.29 is 14.7 Å². The van der Waals surface area contributed by atoms with Crippen LogP contribution in [0, 0.1) is 0 Å². The van der Waals surface area contributed by atoms with Crippen LogP contribution in [0.3, 0.4) is 0 Å². The number of carboxylic acid groups (broad SMARTS) is 1. The molecule has 0 aliphatic carbocycles. The molecule has 5 heteroatoms. The third kappa shape index (κ3) is 4.55. The van der Waals surface area contributed by atoms with E-state index in [0.29, 0.717) is 5.56 Å². The van der Waals surface area contributed by atoms with Crippen LogP contribution in [0.5, 0.6) is 0 Å². The molecule has 0 spiro atoms. The largest absolute Gasteiger partial charge is 0.479 e. The lowest BCUT2D eigenvalue weighted by atomic mass is 10.1. The van der Waals surface area contributed by atoms with Gasteiger partial charge in [0.1, 0.15) is 0 Å². The summed E-state index contributed by atoms with van der Waals surface area (Å²) in [5, 5.41) is 14.5. The van der Waals surface area contributed by atoms with Crippen molar-refractivity contribution in [3.8, 4) is 0 Å². The SMILES string of the molecule is CCCNCC(=O)NC(C(=O)O)c1ccccc1. The van der Waals surface area contributed by atoms with Crippen molar-refractivity contribution in [2.24, 2.45) is 0 Å². The highest BCUT2D eigenvalue weighted by atomic mass is 16.4. The maximum absolute atomic E-state index is 11.6. The van der Waals surface area contributed by atoms with Crippen molar-refractivity contribution in [2.45, 2.75) is 19.4 Å². The third-order valence-corrected chi connectivity index (χ3v) is 2.40. The van der Waals surface area contributed by atoms with Crippen LogP contribution < -0.4 is 10.6 Å². The number of benzene rings is 1. The van der Waals surface area contributed by atoms with Crippen LogP contribution >= 0.6 is 0 Å². The molecule has 0 aliphatic rings. The van der Waals surface area contributed by atoms with E-state index in [1.807, 2.05) is 6.92 Å². The van der Waals surface area contributed by atoms with Gasteiger partial charge in [0.15, 0.2) is 6.04 Å². The predicted octanol–water partition coefficient (Wildman–Crippen LogP) is 0.928. The fourth-order valence-corrected chi connectivity index (χ4v) is 1.52. The number of hydrogen-bond donors (Lipinski definition) is 3. The number of carbonyl (C=O) groups excluding carboxylic acids is 1. The van der Waals surface area contributed by atoms with Gasteiger partial charge in [-0.05, 0) is 18.5 Å². The molecule has 1 aromatic rings. The first-order valence-electron chi connectivity index (χ1n) is 5.93. The minimum Gasteiger partial charge on any atom is -0.479 e. The van der Waals surface area contributed by atoms with E-state index in [1.165, 1.54) is 0 Å². The van der Waals surface area contributed by atoms with Gasteiger partial charge in [0.25, 0.3) is 0 Å². The monoisotopic (exact) mass is 250 g/mol. The first kappa shape index (κ1) is 14.2. The van der Waals surface area contributed by atoms with Gasteiger partial charge < -0.3 is 15.7 Å². The molecule has 0 heterocycles. The Morgan fingerprint density at radius 1 is 1.28 bits per heavy atom. The maximum Gasteiger partial charge on any atom is 0.330 e. The molecule has 0 fully saturated rings. The Morgan fingerprint density at radius 2 is 1.94 bits per heavy atom. The van der Waals surface area contributed by atoms with E-state index in [0.717, 1.165) is 13.0 Å². The van der Waals surface area contributed by atoms with Crippen molar-refractivity contribution in [3.05, 3.63) is 35.9 Å². The van der Waals surface area contributed by atoms with Gasteiger partial charge in [0.2, 0.25) is 5.91 Å². The maximum atomic E-state index is 11.6. The Hall–Kier alpha value is -1.88. The molecule has 1 rings (SSSR count). The van der Waals surface area contributed by atoms with Gasteiger partial charge >= 0.3 is 5.97 Å². The average molecular weight is 250 g/mol. The number of carboxylic acids is 1. The lowest BCUT2D eigenvalue weighted by molar-refractivity contribution is -0.141. The first-order valence-corrected chi connectivity index (χ1v) is 5.93. The zero-order chi connectivity index (χ0) is 13.4. The molecule has 0 radical (unpaired) electrons. The van der Waals surface area contributed by atoms with Crippen molar-refractivity contribution >= 4 is 11.9 Å². The van der Waals surface area contributed by atoms with Gasteiger partial charge in [-0.25, -0.2) is 4.79 Å². The lowest BCUT2D eigenvalue weighted by Gasteiger charge is -2.15. The summed E-state index contributed by atoms with van der Waals surface area (Å²) >= 11 is 0. The van der Waals surface area contributed by atoms with Crippen LogP contribution in [0.2, 0.25) is 0 Å². The zero-order valence-electron chi connectivity index (χ0n) is 10.3. The number of aliphatic carboxylic acids is 1. The molecule has 0 aromatic heterocycles. The summed E-state index contributed by atoms with van der Waals surface area (Å²) in [4.78, 5) is 22.7. The smallest absolute Gasteiger partial charge is 0.330 e. The number of amides is 1. The quantitative estimate of drug-likeness (QED) is 0.629. The molecule has 3 N–H and O–H groups in total. The summed E-state index contributed by atoms with van der Waals surface area (Å²) in [6.07, 6.45) is 0.925. The van der Waals surface area contributed by atoms with E-state index in [1.54, 1.807) is 30.3 Å². The molecular formula is C13H18N2O3. The van der Waals surface area contributed by atoms with Gasteiger partial charge in [-0.15, -0.1) is 0 Å². The Balaban J connectivity index is 2.59. The second kappa shape index (κ2) is 7.45. The summed E-state index contributed by atoms with van der Waals surface area (Å²) in [7, 11) is 0.